The van der Waals surface area contributed by atoms with Crippen LogP contribution in [0.4, 0.5) is 17.6 Å². The number of aromatic nitrogens is 1. The number of hydrogen-bond donors (Lipinski definition) is 7. The van der Waals surface area contributed by atoms with Gasteiger partial charge in [-0.05, 0) is 47.9 Å². The van der Waals surface area contributed by atoms with Crippen LogP contribution in [-0.4, -0.2) is 52.2 Å². The van der Waals surface area contributed by atoms with E-state index in [4.69, 9.17) is 11.3 Å². The number of benzene rings is 2. The number of aryl methyl sites for hydroxylation is 1. The Balaban J connectivity index is 1.75. The first-order chi connectivity index (χ1) is 24.5. The molecule has 1 aliphatic carbocycles. The standard InChI is InChI=1S/C35H43F4N9O4/c1-5-18(3)27(30(50)45-33(40)47-48-41)44-32(52)34(15-14-25-22(17-34)21-11-9-12-23(29(21)42-25)35(37,38)39)46-31(51)28(19(4)6-2)43-26(49)16-20-10-7-8-13-24(20)36/h7-13,18-19,27-28,42H,5-6,14-17H2,1-4H3,(H,43,49)(H,44,52)(H,46,51)(H4,40,41,45,47,50)/t18?,19?,27-,28-,34+/m0/s1. The topological polar surface area (TPSA) is 207 Å². The lowest BCUT2D eigenvalue weighted by Crippen LogP contribution is -2.67. The minimum atomic E-state index is -4.67. The number of nitrogens with one attached hydrogen (secondary N) is 6. The van der Waals surface area contributed by atoms with Crippen molar-refractivity contribution in [3.63, 3.8) is 0 Å². The van der Waals surface area contributed by atoms with Crippen LogP contribution >= 0.6 is 0 Å². The van der Waals surface area contributed by atoms with Gasteiger partial charge in [-0.15, -0.1) is 0 Å². The van der Waals surface area contributed by atoms with E-state index in [9.17, 15) is 36.7 Å². The summed E-state index contributed by atoms with van der Waals surface area (Å²) in [7, 11) is 0. The van der Waals surface area contributed by atoms with Crippen LogP contribution in [0.25, 0.3) is 10.9 Å². The van der Waals surface area contributed by atoms with Crippen LogP contribution in [0.2, 0.25) is 0 Å². The van der Waals surface area contributed by atoms with Crippen molar-refractivity contribution in [2.75, 3.05) is 0 Å². The smallest absolute Gasteiger partial charge is 0.358 e. The molecule has 52 heavy (non-hydrogen) atoms. The molecule has 0 fully saturated rings. The molecule has 0 aliphatic heterocycles. The maximum Gasteiger partial charge on any atom is 0.418 e. The molecule has 13 nitrogen and oxygen atoms in total. The number of halogens is 4. The van der Waals surface area contributed by atoms with E-state index in [0.717, 1.165) is 6.07 Å². The first-order valence-electron chi connectivity index (χ1n) is 16.9. The summed E-state index contributed by atoms with van der Waals surface area (Å²) < 4.78 is 56.3. The van der Waals surface area contributed by atoms with Gasteiger partial charge >= 0.3 is 6.18 Å². The fourth-order valence-electron chi connectivity index (χ4n) is 6.38. The number of H-pyrrole nitrogens is 1. The van der Waals surface area contributed by atoms with E-state index < -0.39 is 76.6 Å². The van der Waals surface area contributed by atoms with E-state index in [1.165, 1.54) is 30.3 Å². The summed E-state index contributed by atoms with van der Waals surface area (Å²) in [5.41, 5.74) is -1.92. The lowest BCUT2D eigenvalue weighted by molar-refractivity contribution is -0.139. The van der Waals surface area contributed by atoms with Gasteiger partial charge in [0, 0.05) is 17.5 Å². The number of rotatable bonds is 12. The Kier molecular flexibility index (Phi) is 12.4. The number of aromatic amines is 1. The van der Waals surface area contributed by atoms with Crippen molar-refractivity contribution in [2.45, 2.75) is 90.0 Å². The summed E-state index contributed by atoms with van der Waals surface area (Å²) >= 11 is 0. The van der Waals surface area contributed by atoms with E-state index in [2.05, 4.69) is 36.6 Å². The van der Waals surface area contributed by atoms with E-state index in [1.807, 2.05) is 0 Å². The molecule has 8 N–H and O–H groups in total. The second-order valence-electron chi connectivity index (χ2n) is 13.1. The van der Waals surface area contributed by atoms with Gasteiger partial charge in [0.05, 0.1) is 17.5 Å². The predicted molar refractivity (Wildman–Crippen MR) is 184 cm³/mol. The highest BCUT2D eigenvalue weighted by Crippen LogP contribution is 2.40. The van der Waals surface area contributed by atoms with Gasteiger partial charge in [0.2, 0.25) is 29.6 Å². The molecule has 0 saturated carbocycles. The van der Waals surface area contributed by atoms with Crippen molar-refractivity contribution >= 4 is 40.5 Å². The Morgan fingerprint density at radius 1 is 0.981 bits per heavy atom. The van der Waals surface area contributed by atoms with Crippen molar-refractivity contribution in [1.29, 1.82) is 5.41 Å². The van der Waals surface area contributed by atoms with Gasteiger partial charge in [-0.2, -0.15) is 13.2 Å². The normalized spacial score (nSPS) is 18.2. The summed E-state index contributed by atoms with van der Waals surface area (Å²) in [6.45, 7) is 6.97. The fraction of sp³-hybridized carbons (Fsp3) is 0.457. The molecule has 1 aliphatic rings. The van der Waals surface area contributed by atoms with Crippen LogP contribution in [0.1, 0.15) is 69.3 Å². The molecule has 0 spiro atoms. The second-order valence-corrected chi connectivity index (χ2v) is 13.1. The van der Waals surface area contributed by atoms with Crippen LogP contribution in [-0.2, 0) is 44.6 Å². The van der Waals surface area contributed by atoms with Gasteiger partial charge in [-0.3, -0.25) is 29.9 Å². The number of nitrogens with two attached hydrogens (primary N) is 1. The van der Waals surface area contributed by atoms with Gasteiger partial charge in [0.15, 0.2) is 0 Å². The number of hydrogen-bond acceptors (Lipinski definition) is 6. The highest BCUT2D eigenvalue weighted by atomic mass is 19.4. The highest BCUT2D eigenvalue weighted by molar-refractivity contribution is 6.02. The Bertz CT molecular complexity index is 1860. The third-order valence-electron chi connectivity index (χ3n) is 9.71. The number of para-hydroxylation sites is 1. The van der Waals surface area contributed by atoms with Crippen LogP contribution in [0, 0.1) is 23.1 Å². The molecule has 0 saturated heterocycles. The second kappa shape index (κ2) is 16.3. The molecular formula is C35H43F4N9O4. The molecule has 1 heterocycles. The Morgan fingerprint density at radius 3 is 2.25 bits per heavy atom. The molecule has 4 rings (SSSR count). The zero-order valence-electron chi connectivity index (χ0n) is 29.2. The molecule has 5 atom stereocenters. The SMILES string of the molecule is CCC(C)[C@H](NC(=O)Cc1ccccc1F)C(=O)N[C@]1(C(=O)N[C@H](C(=O)NC(=N)N=NN)C(C)CC)CCc2[nH]c3c(C(F)(F)F)cccc3c2C1. The van der Waals surface area contributed by atoms with Crippen LogP contribution < -0.4 is 27.1 Å². The zero-order valence-corrected chi connectivity index (χ0v) is 29.2. The average Bonchev–Trinajstić information content (AvgIpc) is 3.46. The number of alkyl halides is 3. The van der Waals surface area contributed by atoms with Crippen molar-refractivity contribution in [3.05, 3.63) is 70.7 Å². The molecule has 3 aromatic rings. The highest BCUT2D eigenvalue weighted by Gasteiger charge is 2.47. The number of carbonyl (C=O) groups excluding carboxylic acids is 4. The lowest BCUT2D eigenvalue weighted by atomic mass is 9.78. The maximum atomic E-state index is 14.5. The molecule has 0 radical (unpaired) electrons. The molecule has 280 valence electrons. The van der Waals surface area contributed by atoms with Crippen molar-refractivity contribution in [2.24, 2.45) is 28.0 Å². The summed E-state index contributed by atoms with van der Waals surface area (Å²) in [4.78, 5) is 58.0. The molecule has 2 aromatic carbocycles. The average molecular weight is 730 g/mol. The van der Waals surface area contributed by atoms with Gasteiger partial charge < -0.3 is 26.8 Å². The third-order valence-corrected chi connectivity index (χ3v) is 9.71. The quantitative estimate of drug-likeness (QED) is 0.0362. The predicted octanol–water partition coefficient (Wildman–Crippen LogP) is 4.35. The molecule has 4 amide bonds. The minimum absolute atomic E-state index is 0.0460. The summed E-state index contributed by atoms with van der Waals surface area (Å²) in [6.07, 6.45) is -4.51. The van der Waals surface area contributed by atoms with E-state index in [0.29, 0.717) is 24.1 Å². The zero-order chi connectivity index (χ0) is 38.4. The molecular weight excluding hydrogens is 686 g/mol. The number of guanidine groups is 1. The molecule has 17 heteroatoms. The monoisotopic (exact) mass is 729 g/mol. The number of carbonyl (C=O) groups is 4. The van der Waals surface area contributed by atoms with Gasteiger partial charge in [-0.1, -0.05) is 81.2 Å². The van der Waals surface area contributed by atoms with Crippen molar-refractivity contribution < 1.29 is 36.7 Å². The number of amides is 4. The molecule has 1 aromatic heterocycles. The van der Waals surface area contributed by atoms with Crippen molar-refractivity contribution in [1.82, 2.24) is 26.3 Å². The molecule has 0 bridgehead atoms. The summed E-state index contributed by atoms with van der Waals surface area (Å²) in [5, 5.41) is 24.7. The first kappa shape index (κ1) is 39.4. The van der Waals surface area contributed by atoms with Gasteiger partial charge in [0.25, 0.3) is 0 Å². The van der Waals surface area contributed by atoms with Gasteiger partial charge in [0.1, 0.15) is 23.4 Å². The van der Waals surface area contributed by atoms with Crippen LogP contribution in [0.5, 0.6) is 0 Å². The van der Waals surface area contributed by atoms with Gasteiger partial charge in [-0.25, -0.2) is 4.39 Å². The fourth-order valence-corrected chi connectivity index (χ4v) is 6.38. The Hall–Kier alpha value is -5.35. The van der Waals surface area contributed by atoms with Crippen molar-refractivity contribution in [3.8, 4) is 0 Å². The third kappa shape index (κ3) is 8.74. The largest absolute Gasteiger partial charge is 0.418 e. The van der Waals surface area contributed by atoms with E-state index >= 15 is 0 Å². The first-order valence-corrected chi connectivity index (χ1v) is 16.9. The maximum absolute atomic E-state index is 14.5. The minimum Gasteiger partial charge on any atom is -0.358 e. The lowest BCUT2D eigenvalue weighted by Gasteiger charge is -2.39. The summed E-state index contributed by atoms with van der Waals surface area (Å²) in [6, 6.07) is 6.98. The van der Waals surface area contributed by atoms with Crippen LogP contribution in [0.3, 0.4) is 0 Å². The van der Waals surface area contributed by atoms with E-state index in [-0.39, 0.29) is 42.1 Å². The molecule has 2 unspecified atom stereocenters. The Labute approximate surface area is 297 Å². The number of nitrogens with zero attached hydrogens (tertiary/aromatic N) is 2. The van der Waals surface area contributed by atoms with E-state index in [1.54, 1.807) is 33.8 Å². The Morgan fingerprint density at radius 2 is 1.63 bits per heavy atom. The number of fused-ring (bicyclic) bond motifs is 3. The van der Waals surface area contributed by atoms with Crippen LogP contribution in [0.15, 0.2) is 52.8 Å². The summed E-state index contributed by atoms with van der Waals surface area (Å²) in [5.74, 6) is -0.244.